The zero-order valence-corrected chi connectivity index (χ0v) is 7.90. The summed E-state index contributed by atoms with van der Waals surface area (Å²) in [6.07, 6.45) is 3.26. The highest BCUT2D eigenvalue weighted by Crippen LogP contribution is 2.14. The minimum atomic E-state index is -0.561. The van der Waals surface area contributed by atoms with E-state index < -0.39 is 5.91 Å². The molecule has 5 nitrogen and oxygen atoms in total. The molecule has 0 aliphatic rings. The lowest BCUT2D eigenvalue weighted by molar-refractivity contribution is 0.100. The van der Waals surface area contributed by atoms with Gasteiger partial charge in [-0.2, -0.15) is 5.10 Å². The van der Waals surface area contributed by atoms with Crippen molar-refractivity contribution in [3.8, 4) is 0 Å². The molecule has 2 aromatic heterocycles. The lowest BCUT2D eigenvalue weighted by Crippen LogP contribution is -2.12. The van der Waals surface area contributed by atoms with Crippen LogP contribution in [0.3, 0.4) is 0 Å². The van der Waals surface area contributed by atoms with Crippen LogP contribution in [-0.4, -0.2) is 20.5 Å². The zero-order valence-electron chi connectivity index (χ0n) is 7.14. The number of rotatable bonds is 2. The number of nitrogens with zero attached hydrogens (tertiary/aromatic N) is 3. The Morgan fingerprint density at radius 1 is 1.64 bits per heavy atom. The fraction of sp³-hybridized carbons (Fsp3) is 0.125. The molecule has 6 heteroatoms. The molecule has 72 valence electrons. The molecular formula is C8H7ClN4O. The molecule has 2 aromatic rings. The Morgan fingerprint density at radius 3 is 3.07 bits per heavy atom. The second-order valence-corrected chi connectivity index (χ2v) is 2.97. The van der Waals surface area contributed by atoms with Crippen LogP contribution < -0.4 is 5.73 Å². The highest BCUT2D eigenvalue weighted by Gasteiger charge is 2.16. The van der Waals surface area contributed by atoms with Gasteiger partial charge in [-0.05, 0) is 6.07 Å². The van der Waals surface area contributed by atoms with Crippen LogP contribution >= 0.6 is 11.6 Å². The Kier molecular flexibility index (Phi) is 2.09. The normalized spacial score (nSPS) is 10.6. The minimum Gasteiger partial charge on any atom is -0.365 e. The number of amides is 1. The Hall–Kier alpha value is -1.62. The van der Waals surface area contributed by atoms with Crippen LogP contribution in [0.15, 0.2) is 18.5 Å². The van der Waals surface area contributed by atoms with E-state index in [-0.39, 0.29) is 5.88 Å². The largest absolute Gasteiger partial charge is 0.365 e. The van der Waals surface area contributed by atoms with E-state index in [1.54, 1.807) is 18.5 Å². The van der Waals surface area contributed by atoms with Gasteiger partial charge in [-0.25, -0.2) is 9.50 Å². The van der Waals surface area contributed by atoms with Crippen LogP contribution in [0.2, 0.25) is 0 Å². The van der Waals surface area contributed by atoms with Gasteiger partial charge in [0.1, 0.15) is 5.56 Å². The number of aromatic nitrogens is 3. The lowest BCUT2D eigenvalue weighted by Gasteiger charge is -1.92. The third kappa shape index (κ3) is 1.22. The monoisotopic (exact) mass is 210 g/mol. The van der Waals surface area contributed by atoms with Gasteiger partial charge >= 0.3 is 0 Å². The standard InChI is InChI=1S/C8H7ClN4O/c9-4-5-6(7(10)14)8-11-2-1-3-13(8)12-5/h1-3H,4H2,(H2,10,14). The summed E-state index contributed by atoms with van der Waals surface area (Å²) in [5.41, 5.74) is 6.40. The first-order valence-electron chi connectivity index (χ1n) is 3.92. The number of primary amides is 1. The van der Waals surface area contributed by atoms with E-state index in [0.717, 1.165) is 0 Å². The van der Waals surface area contributed by atoms with Gasteiger partial charge in [-0.1, -0.05) is 0 Å². The van der Waals surface area contributed by atoms with Crippen LogP contribution in [-0.2, 0) is 5.88 Å². The van der Waals surface area contributed by atoms with Crippen LogP contribution in [0.5, 0.6) is 0 Å². The quantitative estimate of drug-likeness (QED) is 0.737. The van der Waals surface area contributed by atoms with Crippen molar-refractivity contribution in [3.63, 3.8) is 0 Å². The van der Waals surface area contributed by atoms with Gasteiger partial charge in [0.25, 0.3) is 5.91 Å². The molecule has 0 unspecified atom stereocenters. The predicted octanol–water partition coefficient (Wildman–Crippen LogP) is 0.567. The van der Waals surface area contributed by atoms with Gasteiger partial charge in [0, 0.05) is 12.4 Å². The Bertz CT molecular complexity index is 493. The summed E-state index contributed by atoms with van der Waals surface area (Å²) in [6, 6.07) is 1.71. The molecule has 0 saturated carbocycles. The Morgan fingerprint density at radius 2 is 2.43 bits per heavy atom. The fourth-order valence-electron chi connectivity index (χ4n) is 1.28. The molecule has 0 bridgehead atoms. The number of alkyl halides is 1. The van der Waals surface area contributed by atoms with Gasteiger partial charge < -0.3 is 5.73 Å². The van der Waals surface area contributed by atoms with Gasteiger partial charge in [0.2, 0.25) is 0 Å². The van der Waals surface area contributed by atoms with Gasteiger partial charge in [-0.15, -0.1) is 11.6 Å². The molecule has 0 fully saturated rings. The van der Waals surface area contributed by atoms with E-state index in [1.165, 1.54) is 4.52 Å². The van der Waals surface area contributed by atoms with Crippen molar-refractivity contribution in [3.05, 3.63) is 29.7 Å². The Labute approximate surface area is 84.5 Å². The third-order valence-electron chi connectivity index (χ3n) is 1.84. The smallest absolute Gasteiger partial charge is 0.254 e. The van der Waals surface area contributed by atoms with Crippen molar-refractivity contribution in [1.29, 1.82) is 0 Å². The van der Waals surface area contributed by atoms with Gasteiger partial charge in [0.15, 0.2) is 5.65 Å². The summed E-state index contributed by atoms with van der Waals surface area (Å²) in [4.78, 5) is 15.1. The molecule has 0 atom stereocenters. The number of nitrogens with two attached hydrogens (primary N) is 1. The summed E-state index contributed by atoms with van der Waals surface area (Å²) in [6.45, 7) is 0. The maximum absolute atomic E-state index is 11.1. The molecule has 0 radical (unpaired) electrons. The summed E-state index contributed by atoms with van der Waals surface area (Å²) in [5.74, 6) is -0.420. The molecule has 2 N–H and O–H groups in total. The van der Waals surface area contributed by atoms with E-state index in [1.807, 2.05) is 0 Å². The molecule has 2 rings (SSSR count). The first kappa shape index (κ1) is 8.96. The summed E-state index contributed by atoms with van der Waals surface area (Å²) in [7, 11) is 0. The van der Waals surface area contributed by atoms with Crippen molar-refractivity contribution in [2.24, 2.45) is 5.73 Å². The topological polar surface area (TPSA) is 73.3 Å². The minimum absolute atomic E-state index is 0.141. The molecule has 0 aliphatic carbocycles. The molecule has 0 aliphatic heterocycles. The van der Waals surface area contributed by atoms with E-state index in [2.05, 4.69) is 10.1 Å². The van der Waals surface area contributed by atoms with Crippen molar-refractivity contribution < 1.29 is 4.79 Å². The summed E-state index contributed by atoms with van der Waals surface area (Å²) >= 11 is 5.64. The fourth-order valence-corrected chi connectivity index (χ4v) is 1.47. The number of carbonyl (C=O) groups excluding carboxylic acids is 1. The van der Waals surface area contributed by atoms with E-state index in [9.17, 15) is 4.79 Å². The van der Waals surface area contributed by atoms with Gasteiger partial charge in [0.05, 0.1) is 11.6 Å². The molecule has 2 heterocycles. The highest BCUT2D eigenvalue weighted by molar-refractivity contribution is 6.18. The zero-order chi connectivity index (χ0) is 10.1. The number of fused-ring (bicyclic) bond motifs is 1. The van der Waals surface area contributed by atoms with E-state index in [4.69, 9.17) is 17.3 Å². The van der Waals surface area contributed by atoms with Crippen LogP contribution in [0.25, 0.3) is 5.65 Å². The molecule has 0 saturated heterocycles. The van der Waals surface area contributed by atoms with E-state index in [0.29, 0.717) is 16.9 Å². The first-order valence-corrected chi connectivity index (χ1v) is 4.45. The van der Waals surface area contributed by atoms with Crippen molar-refractivity contribution in [1.82, 2.24) is 14.6 Å². The predicted molar refractivity (Wildman–Crippen MR) is 51.1 cm³/mol. The molecule has 0 aromatic carbocycles. The van der Waals surface area contributed by atoms with Gasteiger partial charge in [-0.3, -0.25) is 4.79 Å². The number of carbonyl (C=O) groups is 1. The second-order valence-electron chi connectivity index (χ2n) is 2.71. The van der Waals surface area contributed by atoms with Crippen molar-refractivity contribution in [2.75, 3.05) is 0 Å². The molecular weight excluding hydrogens is 204 g/mol. The first-order chi connectivity index (χ1) is 6.74. The number of halogens is 1. The van der Waals surface area contributed by atoms with Crippen LogP contribution in [0, 0.1) is 0 Å². The SMILES string of the molecule is NC(=O)c1c(CCl)nn2cccnc12. The summed E-state index contributed by atoms with van der Waals surface area (Å²) in [5, 5.41) is 4.07. The Balaban J connectivity index is 2.81. The number of hydrogen-bond donors (Lipinski definition) is 1. The average molecular weight is 211 g/mol. The maximum Gasteiger partial charge on any atom is 0.254 e. The van der Waals surface area contributed by atoms with E-state index >= 15 is 0 Å². The average Bonchev–Trinajstić information content (AvgIpc) is 2.55. The third-order valence-corrected chi connectivity index (χ3v) is 2.09. The molecule has 14 heavy (non-hydrogen) atoms. The highest BCUT2D eigenvalue weighted by atomic mass is 35.5. The van der Waals surface area contributed by atoms with Crippen LogP contribution in [0.1, 0.15) is 16.1 Å². The lowest BCUT2D eigenvalue weighted by atomic mass is 10.2. The second kappa shape index (κ2) is 3.26. The molecule has 0 spiro atoms. The van der Waals surface area contributed by atoms with Crippen molar-refractivity contribution >= 4 is 23.2 Å². The number of hydrogen-bond acceptors (Lipinski definition) is 3. The summed E-state index contributed by atoms with van der Waals surface area (Å²) < 4.78 is 1.48. The van der Waals surface area contributed by atoms with Crippen LogP contribution in [0.4, 0.5) is 0 Å². The molecule has 1 amide bonds. The maximum atomic E-state index is 11.1. The van der Waals surface area contributed by atoms with Crippen molar-refractivity contribution in [2.45, 2.75) is 5.88 Å².